The molecule has 1 aliphatic rings. The lowest BCUT2D eigenvalue weighted by molar-refractivity contribution is 0.104. The van der Waals surface area contributed by atoms with Crippen LogP contribution in [0.2, 0.25) is 0 Å². The second kappa shape index (κ2) is 4.83. The minimum absolute atomic E-state index is 0.151. The van der Waals surface area contributed by atoms with Crippen LogP contribution in [0.15, 0.2) is 41.8 Å². The summed E-state index contributed by atoms with van der Waals surface area (Å²) in [6, 6.07) is 12.3. The number of hydrogen-bond acceptors (Lipinski definition) is 3. The number of ketones is 1. The molecule has 2 heterocycles. The van der Waals surface area contributed by atoms with E-state index in [-0.39, 0.29) is 5.78 Å². The number of benzene rings is 1. The van der Waals surface area contributed by atoms with Crippen molar-refractivity contribution in [2.75, 3.05) is 0 Å². The van der Waals surface area contributed by atoms with Crippen LogP contribution < -0.4 is 0 Å². The minimum Gasteiger partial charge on any atom is -0.288 e. The highest BCUT2D eigenvalue weighted by Gasteiger charge is 2.20. The van der Waals surface area contributed by atoms with Crippen LogP contribution in [0.5, 0.6) is 0 Å². The third-order valence-electron chi connectivity index (χ3n) is 4.11. The number of rotatable bonds is 3. The molecule has 1 nitrogen and oxygen atoms in total. The number of thiophene rings is 2. The van der Waals surface area contributed by atoms with Crippen molar-refractivity contribution in [2.45, 2.75) is 25.2 Å². The minimum atomic E-state index is 0.151. The number of carbonyl (C=O) groups is 1. The average molecular weight is 298 g/mol. The van der Waals surface area contributed by atoms with Gasteiger partial charge in [0.15, 0.2) is 0 Å². The first kappa shape index (κ1) is 12.3. The van der Waals surface area contributed by atoms with Gasteiger partial charge in [0.05, 0.1) is 4.88 Å². The van der Waals surface area contributed by atoms with Crippen molar-refractivity contribution in [1.29, 1.82) is 0 Å². The normalized spacial score (nSPS) is 15.4. The van der Waals surface area contributed by atoms with Crippen LogP contribution in [0, 0.1) is 0 Å². The first-order valence-corrected chi connectivity index (χ1v) is 8.62. The summed E-state index contributed by atoms with van der Waals surface area (Å²) in [5, 5.41) is 2.07. The molecule has 1 saturated carbocycles. The van der Waals surface area contributed by atoms with Crippen LogP contribution in [-0.2, 0) is 0 Å². The molecule has 0 N–H and O–H groups in total. The van der Waals surface area contributed by atoms with E-state index in [4.69, 9.17) is 0 Å². The van der Waals surface area contributed by atoms with Gasteiger partial charge in [-0.2, -0.15) is 0 Å². The molecule has 1 aliphatic carbocycles. The van der Waals surface area contributed by atoms with Crippen molar-refractivity contribution >= 4 is 37.9 Å². The molecular formula is C17H14OS2. The molecule has 20 heavy (non-hydrogen) atoms. The Morgan fingerprint density at radius 2 is 1.85 bits per heavy atom. The summed E-state index contributed by atoms with van der Waals surface area (Å²) >= 11 is 3.29. The molecule has 3 aromatic rings. The van der Waals surface area contributed by atoms with Crippen LogP contribution >= 0.6 is 22.7 Å². The van der Waals surface area contributed by atoms with Gasteiger partial charge in [-0.05, 0) is 41.8 Å². The molecule has 0 atom stereocenters. The van der Waals surface area contributed by atoms with Crippen molar-refractivity contribution in [2.24, 2.45) is 0 Å². The Balaban J connectivity index is 1.62. The zero-order chi connectivity index (χ0) is 13.5. The van der Waals surface area contributed by atoms with Gasteiger partial charge in [-0.25, -0.2) is 0 Å². The van der Waals surface area contributed by atoms with Gasteiger partial charge < -0.3 is 0 Å². The van der Waals surface area contributed by atoms with Crippen LogP contribution in [0.3, 0.4) is 0 Å². The quantitative estimate of drug-likeness (QED) is 0.587. The predicted octanol–water partition coefficient (Wildman–Crippen LogP) is 5.46. The lowest BCUT2D eigenvalue weighted by Crippen LogP contribution is -2.09. The summed E-state index contributed by atoms with van der Waals surface area (Å²) < 4.78 is 2.42. The standard InChI is InChI=1S/C17H14OS2/c18-17(16-10-15-14(20-16)8-9-19-15)13-6-4-12(5-7-13)11-2-1-3-11/h4-11H,1-3H2. The number of carbonyl (C=O) groups excluding carboxylic acids is 1. The lowest BCUT2D eigenvalue weighted by atomic mass is 9.80. The van der Waals surface area contributed by atoms with E-state index in [2.05, 4.69) is 23.6 Å². The van der Waals surface area contributed by atoms with Crippen LogP contribution in [0.1, 0.15) is 46.0 Å². The monoisotopic (exact) mass is 298 g/mol. The maximum Gasteiger partial charge on any atom is 0.203 e. The van der Waals surface area contributed by atoms with Gasteiger partial charge in [0, 0.05) is 15.0 Å². The molecular weight excluding hydrogens is 284 g/mol. The largest absolute Gasteiger partial charge is 0.288 e. The summed E-state index contributed by atoms with van der Waals surface area (Å²) in [7, 11) is 0. The summed E-state index contributed by atoms with van der Waals surface area (Å²) in [6.45, 7) is 0. The smallest absolute Gasteiger partial charge is 0.203 e. The predicted molar refractivity (Wildman–Crippen MR) is 86.2 cm³/mol. The molecule has 0 radical (unpaired) electrons. The van der Waals surface area contributed by atoms with E-state index < -0.39 is 0 Å². The average Bonchev–Trinajstić information content (AvgIpc) is 2.97. The van der Waals surface area contributed by atoms with Crippen LogP contribution in [-0.4, -0.2) is 5.78 Å². The van der Waals surface area contributed by atoms with Gasteiger partial charge in [0.25, 0.3) is 0 Å². The molecule has 0 amide bonds. The van der Waals surface area contributed by atoms with Gasteiger partial charge in [0.1, 0.15) is 0 Å². The fourth-order valence-corrected chi connectivity index (χ4v) is 4.74. The summed E-state index contributed by atoms with van der Waals surface area (Å²) in [5.74, 6) is 0.879. The Morgan fingerprint density at radius 3 is 2.50 bits per heavy atom. The SMILES string of the molecule is O=C(c1ccc(C2CCC2)cc1)c1cc2sccc2s1. The van der Waals surface area contributed by atoms with Crippen molar-refractivity contribution in [3.63, 3.8) is 0 Å². The molecule has 3 heteroatoms. The fourth-order valence-electron chi connectivity index (χ4n) is 2.67. The fraction of sp³-hybridized carbons (Fsp3) is 0.235. The van der Waals surface area contributed by atoms with Crippen molar-refractivity contribution in [3.05, 3.63) is 57.8 Å². The molecule has 0 unspecified atom stereocenters. The highest BCUT2D eigenvalue weighted by atomic mass is 32.1. The molecule has 0 spiro atoms. The maximum atomic E-state index is 12.5. The summed E-state index contributed by atoms with van der Waals surface area (Å²) in [5.41, 5.74) is 2.20. The second-order valence-corrected chi connectivity index (χ2v) is 7.37. The summed E-state index contributed by atoms with van der Waals surface area (Å²) in [4.78, 5) is 13.3. The molecule has 2 aromatic heterocycles. The topological polar surface area (TPSA) is 17.1 Å². The van der Waals surface area contributed by atoms with Crippen molar-refractivity contribution in [3.8, 4) is 0 Å². The molecule has 1 aromatic carbocycles. The number of hydrogen-bond donors (Lipinski definition) is 0. The van der Waals surface area contributed by atoms with E-state index in [1.807, 2.05) is 18.2 Å². The molecule has 0 bridgehead atoms. The Hall–Kier alpha value is -1.45. The molecule has 0 aliphatic heterocycles. The van der Waals surface area contributed by atoms with Gasteiger partial charge in [-0.3, -0.25) is 4.79 Å². The zero-order valence-corrected chi connectivity index (χ0v) is 12.6. The van der Waals surface area contributed by atoms with Crippen molar-refractivity contribution < 1.29 is 4.79 Å². The molecule has 100 valence electrons. The Kier molecular flexibility index (Phi) is 2.97. The second-order valence-electron chi connectivity index (χ2n) is 5.34. The third-order valence-corrected chi connectivity index (χ3v) is 6.20. The Bertz CT molecular complexity index is 731. The Labute approximate surface area is 125 Å². The lowest BCUT2D eigenvalue weighted by Gasteiger charge is -2.25. The molecule has 4 rings (SSSR count). The van der Waals surface area contributed by atoms with Crippen LogP contribution in [0.4, 0.5) is 0 Å². The van der Waals surface area contributed by atoms with Gasteiger partial charge in [0.2, 0.25) is 5.78 Å². The van der Waals surface area contributed by atoms with E-state index in [1.54, 1.807) is 22.7 Å². The van der Waals surface area contributed by atoms with Gasteiger partial charge >= 0.3 is 0 Å². The third kappa shape index (κ3) is 2.02. The zero-order valence-electron chi connectivity index (χ0n) is 11.0. The van der Waals surface area contributed by atoms with Crippen molar-refractivity contribution in [1.82, 2.24) is 0 Å². The van der Waals surface area contributed by atoms with E-state index in [0.29, 0.717) is 0 Å². The van der Waals surface area contributed by atoms with Gasteiger partial charge in [-0.15, -0.1) is 22.7 Å². The van der Waals surface area contributed by atoms with E-state index in [9.17, 15) is 4.79 Å². The van der Waals surface area contributed by atoms with E-state index in [1.165, 1.54) is 34.2 Å². The molecule has 0 saturated heterocycles. The van der Waals surface area contributed by atoms with Crippen LogP contribution in [0.25, 0.3) is 9.40 Å². The first-order chi connectivity index (χ1) is 9.81. The first-order valence-electron chi connectivity index (χ1n) is 6.93. The maximum absolute atomic E-state index is 12.5. The van der Waals surface area contributed by atoms with E-state index >= 15 is 0 Å². The Morgan fingerprint density at radius 1 is 1.05 bits per heavy atom. The molecule has 1 fully saturated rings. The van der Waals surface area contributed by atoms with E-state index in [0.717, 1.165) is 16.4 Å². The highest BCUT2D eigenvalue weighted by Crippen LogP contribution is 2.36. The number of fused-ring (bicyclic) bond motifs is 1. The highest BCUT2D eigenvalue weighted by molar-refractivity contribution is 7.28. The van der Waals surface area contributed by atoms with Gasteiger partial charge in [-0.1, -0.05) is 30.7 Å². The summed E-state index contributed by atoms with van der Waals surface area (Å²) in [6.07, 6.45) is 3.94.